The van der Waals surface area contributed by atoms with Crippen LogP contribution in [0.25, 0.3) is 0 Å². The highest BCUT2D eigenvalue weighted by molar-refractivity contribution is 6.31. The SMILES string of the molecule is N#C/C(=C/NCc1cccc(Cl)c1)C(=O)Nc1cccc(Cl)c1. The Bertz CT molecular complexity index is 781. The van der Waals surface area contributed by atoms with Gasteiger partial charge in [0.05, 0.1) is 0 Å². The maximum atomic E-state index is 12.0. The van der Waals surface area contributed by atoms with Gasteiger partial charge in [-0.2, -0.15) is 5.26 Å². The first-order valence-electron chi connectivity index (χ1n) is 6.73. The predicted octanol–water partition coefficient (Wildman–Crippen LogP) is 4.13. The summed E-state index contributed by atoms with van der Waals surface area (Å²) >= 11 is 11.7. The Morgan fingerprint density at radius 1 is 1.13 bits per heavy atom. The van der Waals surface area contributed by atoms with Crippen molar-refractivity contribution in [2.75, 3.05) is 5.32 Å². The molecule has 0 unspecified atom stereocenters. The smallest absolute Gasteiger partial charge is 0.267 e. The molecule has 116 valence electrons. The van der Waals surface area contributed by atoms with E-state index in [-0.39, 0.29) is 5.57 Å². The van der Waals surface area contributed by atoms with Crippen molar-refractivity contribution in [1.29, 1.82) is 5.26 Å². The van der Waals surface area contributed by atoms with E-state index in [0.29, 0.717) is 22.3 Å². The molecule has 1 amide bonds. The molecule has 0 atom stereocenters. The van der Waals surface area contributed by atoms with Crippen molar-refractivity contribution in [2.24, 2.45) is 0 Å². The van der Waals surface area contributed by atoms with Crippen molar-refractivity contribution in [3.63, 3.8) is 0 Å². The third-order valence-corrected chi connectivity index (χ3v) is 3.36. The zero-order valence-electron chi connectivity index (χ0n) is 12.0. The van der Waals surface area contributed by atoms with Crippen LogP contribution in [0.1, 0.15) is 5.56 Å². The summed E-state index contributed by atoms with van der Waals surface area (Å²) in [5, 5.41) is 15.8. The Labute approximate surface area is 144 Å². The van der Waals surface area contributed by atoms with E-state index in [4.69, 9.17) is 28.5 Å². The first-order valence-corrected chi connectivity index (χ1v) is 7.49. The maximum absolute atomic E-state index is 12.0. The summed E-state index contributed by atoms with van der Waals surface area (Å²) in [7, 11) is 0. The molecule has 0 radical (unpaired) electrons. The lowest BCUT2D eigenvalue weighted by molar-refractivity contribution is -0.112. The summed E-state index contributed by atoms with van der Waals surface area (Å²) in [4.78, 5) is 12.0. The first-order chi connectivity index (χ1) is 11.1. The summed E-state index contributed by atoms with van der Waals surface area (Å²) in [6.45, 7) is 0.455. The first kappa shape index (κ1) is 16.9. The van der Waals surface area contributed by atoms with Gasteiger partial charge in [0.15, 0.2) is 0 Å². The number of amides is 1. The minimum Gasteiger partial charge on any atom is -0.386 e. The molecule has 6 heteroatoms. The van der Waals surface area contributed by atoms with Crippen LogP contribution in [0, 0.1) is 11.3 Å². The number of anilines is 1. The minimum absolute atomic E-state index is 0.0352. The van der Waals surface area contributed by atoms with Crippen LogP contribution in [0.15, 0.2) is 60.3 Å². The van der Waals surface area contributed by atoms with E-state index in [1.54, 1.807) is 36.4 Å². The van der Waals surface area contributed by atoms with Crippen molar-refractivity contribution < 1.29 is 4.79 Å². The zero-order valence-corrected chi connectivity index (χ0v) is 13.5. The van der Waals surface area contributed by atoms with E-state index in [1.165, 1.54) is 6.20 Å². The standard InChI is InChI=1S/C17H13Cl2N3O/c18-14-4-1-3-12(7-14)10-21-11-13(9-20)17(23)22-16-6-2-5-15(19)8-16/h1-8,11,21H,10H2,(H,22,23)/b13-11-. The van der Waals surface area contributed by atoms with Crippen LogP contribution >= 0.6 is 23.2 Å². The number of hydrogen-bond donors (Lipinski definition) is 2. The van der Waals surface area contributed by atoms with Gasteiger partial charge in [0.2, 0.25) is 0 Å². The molecule has 0 aromatic heterocycles. The van der Waals surface area contributed by atoms with Crippen LogP contribution in [-0.2, 0) is 11.3 Å². The van der Waals surface area contributed by atoms with Gasteiger partial charge in [0.1, 0.15) is 11.6 Å². The van der Waals surface area contributed by atoms with Crippen LogP contribution in [0.4, 0.5) is 5.69 Å². The maximum Gasteiger partial charge on any atom is 0.267 e. The molecule has 0 saturated carbocycles. The van der Waals surface area contributed by atoms with Gasteiger partial charge in [-0.15, -0.1) is 0 Å². The Kier molecular flexibility index (Phi) is 6.04. The Morgan fingerprint density at radius 2 is 1.83 bits per heavy atom. The van der Waals surface area contributed by atoms with Crippen LogP contribution < -0.4 is 10.6 Å². The second-order valence-corrected chi connectivity index (χ2v) is 5.52. The van der Waals surface area contributed by atoms with Gasteiger partial charge in [-0.1, -0.05) is 41.4 Å². The van der Waals surface area contributed by atoms with Crippen LogP contribution in [0.3, 0.4) is 0 Å². The number of carbonyl (C=O) groups is 1. The third-order valence-electron chi connectivity index (χ3n) is 2.89. The highest BCUT2D eigenvalue weighted by Crippen LogP contribution is 2.15. The third kappa shape index (κ3) is 5.33. The number of hydrogen-bond acceptors (Lipinski definition) is 3. The van der Waals surface area contributed by atoms with Gasteiger partial charge in [0.25, 0.3) is 5.91 Å². The molecule has 0 saturated heterocycles. The van der Waals surface area contributed by atoms with Gasteiger partial charge < -0.3 is 10.6 Å². The molecule has 0 aliphatic heterocycles. The average molecular weight is 346 g/mol. The summed E-state index contributed by atoms with van der Waals surface area (Å²) in [6.07, 6.45) is 1.38. The lowest BCUT2D eigenvalue weighted by atomic mass is 10.2. The number of nitriles is 1. The second-order valence-electron chi connectivity index (χ2n) is 4.65. The van der Waals surface area contributed by atoms with Gasteiger partial charge in [-0.05, 0) is 35.9 Å². The summed E-state index contributed by atoms with van der Waals surface area (Å²) in [6, 6.07) is 15.9. The number of carbonyl (C=O) groups excluding carboxylic acids is 1. The fraction of sp³-hybridized carbons (Fsp3) is 0.0588. The van der Waals surface area contributed by atoms with E-state index in [9.17, 15) is 4.79 Å². The van der Waals surface area contributed by atoms with Crippen LogP contribution in [0.5, 0.6) is 0 Å². The molecule has 23 heavy (non-hydrogen) atoms. The highest BCUT2D eigenvalue weighted by Gasteiger charge is 2.09. The van der Waals surface area contributed by atoms with Crippen LogP contribution in [0.2, 0.25) is 10.0 Å². The molecule has 2 rings (SSSR count). The molecule has 0 spiro atoms. The monoisotopic (exact) mass is 345 g/mol. The number of benzene rings is 2. The number of rotatable bonds is 5. The van der Waals surface area contributed by atoms with Crippen molar-refractivity contribution in [2.45, 2.75) is 6.54 Å². The topological polar surface area (TPSA) is 64.9 Å². The largest absolute Gasteiger partial charge is 0.386 e. The molecule has 0 bridgehead atoms. The van der Waals surface area contributed by atoms with E-state index >= 15 is 0 Å². The van der Waals surface area contributed by atoms with E-state index in [1.807, 2.05) is 18.2 Å². The lowest BCUT2D eigenvalue weighted by Crippen LogP contribution is -2.16. The molecule has 4 nitrogen and oxygen atoms in total. The molecule has 0 aliphatic rings. The molecule has 2 aromatic carbocycles. The van der Waals surface area contributed by atoms with Crippen molar-refractivity contribution >= 4 is 34.8 Å². The molecule has 0 fully saturated rings. The average Bonchev–Trinajstić information content (AvgIpc) is 2.51. The molecule has 2 N–H and O–H groups in total. The molecule has 2 aromatic rings. The number of nitrogens with one attached hydrogen (secondary N) is 2. The predicted molar refractivity (Wildman–Crippen MR) is 92.1 cm³/mol. The van der Waals surface area contributed by atoms with Crippen molar-refractivity contribution in [1.82, 2.24) is 5.32 Å². The Balaban J connectivity index is 1.98. The fourth-order valence-electron chi connectivity index (χ4n) is 1.83. The number of nitrogens with zero attached hydrogens (tertiary/aromatic N) is 1. The van der Waals surface area contributed by atoms with Gasteiger partial charge in [-0.3, -0.25) is 4.79 Å². The molecular formula is C17H13Cl2N3O. The summed E-state index contributed by atoms with van der Waals surface area (Å²) < 4.78 is 0. The zero-order chi connectivity index (χ0) is 16.7. The Hall–Kier alpha value is -2.48. The van der Waals surface area contributed by atoms with E-state index in [0.717, 1.165) is 5.56 Å². The fourth-order valence-corrected chi connectivity index (χ4v) is 2.23. The normalized spacial score (nSPS) is 10.7. The second kappa shape index (κ2) is 8.23. The van der Waals surface area contributed by atoms with Gasteiger partial charge in [0, 0.05) is 28.5 Å². The number of halogens is 2. The molecule has 0 aliphatic carbocycles. The van der Waals surface area contributed by atoms with Gasteiger partial charge >= 0.3 is 0 Å². The van der Waals surface area contributed by atoms with Crippen molar-refractivity contribution in [3.05, 3.63) is 75.9 Å². The van der Waals surface area contributed by atoms with Crippen molar-refractivity contribution in [3.8, 4) is 6.07 Å². The quantitative estimate of drug-likeness (QED) is 0.632. The summed E-state index contributed by atoms with van der Waals surface area (Å²) in [5.41, 5.74) is 1.44. The van der Waals surface area contributed by atoms with E-state index < -0.39 is 5.91 Å². The lowest BCUT2D eigenvalue weighted by Gasteiger charge is -2.06. The highest BCUT2D eigenvalue weighted by atomic mass is 35.5. The summed E-state index contributed by atoms with van der Waals surface area (Å²) in [5.74, 6) is -0.506. The molecular weight excluding hydrogens is 333 g/mol. The molecule has 0 heterocycles. The Morgan fingerprint density at radius 3 is 2.48 bits per heavy atom. The van der Waals surface area contributed by atoms with E-state index in [2.05, 4.69) is 10.6 Å². The van der Waals surface area contributed by atoms with Gasteiger partial charge in [-0.25, -0.2) is 0 Å². The minimum atomic E-state index is -0.506. The van der Waals surface area contributed by atoms with Crippen LogP contribution in [-0.4, -0.2) is 5.91 Å².